The number of benzene rings is 1. The average Bonchev–Trinajstić information content (AvgIpc) is 3.59. The third-order valence-electron chi connectivity index (χ3n) is 7.13. The van der Waals surface area contributed by atoms with Crippen molar-refractivity contribution in [3.05, 3.63) is 64.7 Å². The normalized spacial score (nSPS) is 19.9. The lowest BCUT2D eigenvalue weighted by Crippen LogP contribution is -2.49. The summed E-state index contributed by atoms with van der Waals surface area (Å²) < 4.78 is 14.3. The van der Waals surface area contributed by atoms with E-state index in [-0.39, 0.29) is 27.8 Å². The van der Waals surface area contributed by atoms with Crippen LogP contribution in [-0.4, -0.2) is 58.2 Å². The molecule has 3 amide bonds. The van der Waals surface area contributed by atoms with Crippen molar-refractivity contribution in [2.45, 2.75) is 29.2 Å². The molecule has 0 bridgehead atoms. The number of anilines is 2. The number of likely N-dealkylation sites (tertiary alicyclic amines) is 1. The van der Waals surface area contributed by atoms with Gasteiger partial charge in [0.1, 0.15) is 27.7 Å². The number of urea groups is 1. The van der Waals surface area contributed by atoms with Crippen LogP contribution in [0.2, 0.25) is 5.02 Å². The maximum absolute atomic E-state index is 14.3. The number of amides is 3. The Balaban J connectivity index is 1.45. The average molecular weight is 564 g/mol. The summed E-state index contributed by atoms with van der Waals surface area (Å²) in [6.45, 7) is 3.30. The smallest absolute Gasteiger partial charge is 0.327 e. The number of hydrogen-bond donors (Lipinski definition) is 2. The van der Waals surface area contributed by atoms with Crippen LogP contribution in [0.4, 0.5) is 20.6 Å². The van der Waals surface area contributed by atoms with E-state index in [1.54, 1.807) is 12.1 Å². The summed E-state index contributed by atoms with van der Waals surface area (Å²) in [5.74, 6) is -0.770. The van der Waals surface area contributed by atoms with Crippen molar-refractivity contribution < 1.29 is 14.0 Å². The van der Waals surface area contributed by atoms with Crippen molar-refractivity contribution in [2.75, 3.05) is 31.1 Å². The predicted molar refractivity (Wildman–Crippen MR) is 145 cm³/mol. The van der Waals surface area contributed by atoms with Crippen LogP contribution in [0, 0.1) is 17.1 Å². The number of thioether (sulfide) groups is 1. The number of nitriles is 1. The number of carbonyl (C=O) groups excluding carboxylic acids is 2. The highest BCUT2D eigenvalue weighted by molar-refractivity contribution is 8.01. The number of rotatable bonds is 6. The molecule has 2 aromatic heterocycles. The van der Waals surface area contributed by atoms with Gasteiger partial charge in [0.15, 0.2) is 0 Å². The molecule has 3 aromatic rings. The molecule has 39 heavy (non-hydrogen) atoms. The Morgan fingerprint density at radius 2 is 2.03 bits per heavy atom. The van der Waals surface area contributed by atoms with Crippen molar-refractivity contribution in [1.82, 2.24) is 25.5 Å². The van der Waals surface area contributed by atoms with Crippen LogP contribution in [0.5, 0.6) is 0 Å². The molecule has 0 aliphatic carbocycles. The Morgan fingerprint density at radius 1 is 1.26 bits per heavy atom. The number of aromatic nitrogens is 2. The van der Waals surface area contributed by atoms with Gasteiger partial charge in [-0.2, -0.15) is 5.26 Å². The highest BCUT2D eigenvalue weighted by Crippen LogP contribution is 2.53. The van der Waals surface area contributed by atoms with E-state index in [2.05, 4.69) is 26.6 Å². The minimum Gasteiger partial charge on any atom is -0.354 e. The van der Waals surface area contributed by atoms with Gasteiger partial charge in [0, 0.05) is 36.6 Å². The van der Waals surface area contributed by atoms with Gasteiger partial charge in [0.05, 0.1) is 28.1 Å². The second-order valence-electron chi connectivity index (χ2n) is 9.49. The zero-order valence-corrected chi connectivity index (χ0v) is 22.2. The van der Waals surface area contributed by atoms with Crippen LogP contribution in [0.15, 0.2) is 47.8 Å². The standard InChI is InChI=1S/C27H23ClFN7O2S/c28-19-4-3-15(29)13-17(19)21-18(14-30)23-20-22(34-27(38)36(23)16-5-7-31-8-6-16)24(39-26(20)33-21)25(37)32-9-12-35-10-1-2-11-35/h3-8,13,22,24H,1-2,9-12H2,(H,32,37)(H,34,38). The molecule has 2 atom stereocenters. The van der Waals surface area contributed by atoms with Crippen molar-refractivity contribution in [3.63, 3.8) is 0 Å². The van der Waals surface area contributed by atoms with Gasteiger partial charge in [-0.05, 0) is 56.3 Å². The molecule has 9 nitrogen and oxygen atoms in total. The van der Waals surface area contributed by atoms with Crippen LogP contribution >= 0.6 is 23.4 Å². The number of nitrogens with one attached hydrogen (secondary N) is 2. The summed E-state index contributed by atoms with van der Waals surface area (Å²) in [6.07, 6.45) is 5.41. The second-order valence-corrected chi connectivity index (χ2v) is 11.0. The van der Waals surface area contributed by atoms with Crippen molar-refractivity contribution in [2.24, 2.45) is 0 Å². The quantitative estimate of drug-likeness (QED) is 0.457. The molecule has 2 unspecified atom stereocenters. The topological polar surface area (TPSA) is 114 Å². The number of carbonyl (C=O) groups is 2. The summed E-state index contributed by atoms with van der Waals surface area (Å²) in [5.41, 5.74) is 1.79. The largest absolute Gasteiger partial charge is 0.354 e. The summed E-state index contributed by atoms with van der Waals surface area (Å²) in [4.78, 5) is 39.4. The summed E-state index contributed by atoms with van der Waals surface area (Å²) >= 11 is 7.64. The first-order valence-corrected chi connectivity index (χ1v) is 13.8. The van der Waals surface area contributed by atoms with E-state index >= 15 is 0 Å². The zero-order valence-electron chi connectivity index (χ0n) is 20.7. The zero-order chi connectivity index (χ0) is 27.1. The fraction of sp³-hybridized carbons (Fsp3) is 0.296. The summed E-state index contributed by atoms with van der Waals surface area (Å²) in [5, 5.41) is 16.3. The Bertz CT molecular complexity index is 1510. The predicted octanol–water partition coefficient (Wildman–Crippen LogP) is 4.40. The molecule has 5 heterocycles. The van der Waals surface area contributed by atoms with Gasteiger partial charge in [-0.3, -0.25) is 14.7 Å². The van der Waals surface area contributed by atoms with E-state index < -0.39 is 23.1 Å². The van der Waals surface area contributed by atoms with Crippen LogP contribution in [-0.2, 0) is 4.79 Å². The lowest BCUT2D eigenvalue weighted by atomic mass is 9.94. The van der Waals surface area contributed by atoms with Crippen molar-refractivity contribution in [1.29, 1.82) is 5.26 Å². The van der Waals surface area contributed by atoms with Crippen molar-refractivity contribution >= 4 is 46.7 Å². The minimum absolute atomic E-state index is 0.0635. The molecular formula is C27H23ClFN7O2S. The maximum Gasteiger partial charge on any atom is 0.327 e. The van der Waals surface area contributed by atoms with Crippen LogP contribution in [0.25, 0.3) is 11.3 Å². The van der Waals surface area contributed by atoms with Crippen LogP contribution < -0.4 is 15.5 Å². The first-order valence-electron chi connectivity index (χ1n) is 12.6. The van der Waals surface area contributed by atoms with E-state index in [0.29, 0.717) is 28.5 Å². The Labute approximate surface area is 233 Å². The van der Waals surface area contributed by atoms with Gasteiger partial charge in [0.2, 0.25) is 5.91 Å². The van der Waals surface area contributed by atoms with Gasteiger partial charge in [0.25, 0.3) is 0 Å². The monoisotopic (exact) mass is 563 g/mol. The molecule has 0 spiro atoms. The van der Waals surface area contributed by atoms with Gasteiger partial charge in [-0.25, -0.2) is 14.2 Å². The fourth-order valence-electron chi connectivity index (χ4n) is 5.32. The highest BCUT2D eigenvalue weighted by Gasteiger charge is 2.48. The van der Waals surface area contributed by atoms with Crippen LogP contribution in [0.1, 0.15) is 30.0 Å². The minimum atomic E-state index is -0.700. The molecule has 6 rings (SSSR count). The molecule has 0 radical (unpaired) electrons. The SMILES string of the molecule is N#Cc1c(-c2cc(F)ccc2Cl)nc2c3c1N(c1ccncc1)C(=O)NC3C(C(=O)NCCN1CCCC1)S2. The summed E-state index contributed by atoms with van der Waals surface area (Å²) in [6, 6.07) is 8.10. The third-order valence-corrected chi connectivity index (χ3v) is 8.74. The van der Waals surface area contributed by atoms with Gasteiger partial charge in [-0.15, -0.1) is 0 Å². The first-order chi connectivity index (χ1) is 19.0. The Kier molecular flexibility index (Phi) is 6.85. The second kappa shape index (κ2) is 10.4. The molecule has 3 aliphatic heterocycles. The molecule has 0 saturated carbocycles. The van der Waals surface area contributed by atoms with E-state index in [1.807, 2.05) is 0 Å². The molecule has 12 heteroatoms. The first kappa shape index (κ1) is 25.6. The van der Waals surface area contributed by atoms with Gasteiger partial charge < -0.3 is 15.5 Å². The molecule has 1 fully saturated rings. The Hall–Kier alpha value is -3.72. The highest BCUT2D eigenvalue weighted by atomic mass is 35.5. The molecule has 1 aromatic carbocycles. The number of halogens is 2. The van der Waals surface area contributed by atoms with E-state index in [4.69, 9.17) is 16.6 Å². The number of nitrogens with zero attached hydrogens (tertiary/aromatic N) is 5. The molecule has 198 valence electrons. The fourth-order valence-corrected chi connectivity index (χ4v) is 6.80. The Morgan fingerprint density at radius 3 is 2.77 bits per heavy atom. The lowest BCUT2D eigenvalue weighted by molar-refractivity contribution is -0.121. The van der Waals surface area contributed by atoms with Crippen LogP contribution in [0.3, 0.4) is 0 Å². The summed E-state index contributed by atoms with van der Waals surface area (Å²) in [7, 11) is 0. The molecule has 2 N–H and O–H groups in total. The van der Waals surface area contributed by atoms with E-state index in [1.165, 1.54) is 47.3 Å². The molecule has 3 aliphatic rings. The number of pyridine rings is 2. The van der Waals surface area contributed by atoms with Crippen molar-refractivity contribution in [3.8, 4) is 17.3 Å². The maximum atomic E-state index is 14.3. The molecule has 1 saturated heterocycles. The van der Waals surface area contributed by atoms with E-state index in [0.717, 1.165) is 32.5 Å². The number of hydrogen-bond acceptors (Lipinski definition) is 7. The van der Waals surface area contributed by atoms with Gasteiger partial charge >= 0.3 is 6.03 Å². The van der Waals surface area contributed by atoms with Gasteiger partial charge in [-0.1, -0.05) is 23.4 Å². The molecular weight excluding hydrogens is 541 g/mol. The third kappa shape index (κ3) is 4.58. The lowest BCUT2D eigenvalue weighted by Gasteiger charge is -2.35. The van der Waals surface area contributed by atoms with E-state index in [9.17, 15) is 19.2 Å².